The number of aromatic nitrogens is 1. The molecule has 1 saturated carbocycles. The van der Waals surface area contributed by atoms with Gasteiger partial charge in [-0.1, -0.05) is 12.1 Å². The lowest BCUT2D eigenvalue weighted by atomic mass is 10.3. The Hall–Kier alpha value is -2.08. The van der Waals surface area contributed by atoms with E-state index < -0.39 is 11.3 Å². The lowest BCUT2D eigenvalue weighted by Crippen LogP contribution is -2.42. The van der Waals surface area contributed by atoms with E-state index in [0.717, 1.165) is 12.8 Å². The fraction of sp³-hybridized carbons (Fsp3) is 0.385. The zero-order chi connectivity index (χ0) is 13.5. The number of para-hydroxylation sites is 2. The van der Waals surface area contributed by atoms with Crippen molar-refractivity contribution >= 4 is 17.0 Å². The van der Waals surface area contributed by atoms with Crippen LogP contribution >= 0.6 is 0 Å². The van der Waals surface area contributed by atoms with Crippen molar-refractivity contribution in [3.8, 4) is 0 Å². The number of amides is 1. The number of hydrogen-bond acceptors (Lipinski definition) is 4. The van der Waals surface area contributed by atoms with E-state index in [1.807, 2.05) is 0 Å². The largest absolute Gasteiger partial charge is 0.420 e. The van der Waals surface area contributed by atoms with Crippen molar-refractivity contribution in [2.45, 2.75) is 24.9 Å². The topological polar surface area (TPSA) is 84.5 Å². The van der Waals surface area contributed by atoms with Crippen molar-refractivity contribution in [1.29, 1.82) is 0 Å². The third-order valence-corrected chi connectivity index (χ3v) is 3.44. The molecule has 6 heteroatoms. The molecule has 1 aromatic heterocycles. The molecule has 1 aliphatic rings. The molecule has 100 valence electrons. The highest BCUT2D eigenvalue weighted by atomic mass is 16.4. The van der Waals surface area contributed by atoms with Crippen LogP contribution in [0.2, 0.25) is 0 Å². The molecule has 0 bridgehead atoms. The Kier molecular flexibility index (Phi) is 2.67. The molecule has 19 heavy (non-hydrogen) atoms. The van der Waals surface area contributed by atoms with E-state index in [1.54, 1.807) is 24.3 Å². The van der Waals surface area contributed by atoms with Gasteiger partial charge in [-0.25, -0.2) is 4.79 Å². The Balaban J connectivity index is 1.83. The molecule has 6 nitrogen and oxygen atoms in total. The summed E-state index contributed by atoms with van der Waals surface area (Å²) >= 11 is 0. The van der Waals surface area contributed by atoms with Gasteiger partial charge in [0.2, 0.25) is 5.91 Å². The minimum Gasteiger partial charge on any atom is -0.408 e. The van der Waals surface area contributed by atoms with E-state index in [2.05, 4.69) is 5.32 Å². The fourth-order valence-electron chi connectivity index (χ4n) is 2.12. The number of fused-ring (bicyclic) bond motifs is 1. The van der Waals surface area contributed by atoms with Crippen LogP contribution < -0.4 is 11.1 Å². The zero-order valence-corrected chi connectivity index (χ0v) is 10.3. The summed E-state index contributed by atoms with van der Waals surface area (Å²) in [5, 5.41) is 11.9. The molecule has 2 N–H and O–H groups in total. The van der Waals surface area contributed by atoms with Crippen LogP contribution in [-0.2, 0) is 11.3 Å². The highest BCUT2D eigenvalue weighted by molar-refractivity contribution is 5.80. The monoisotopic (exact) mass is 262 g/mol. The van der Waals surface area contributed by atoms with Crippen LogP contribution in [0.4, 0.5) is 0 Å². The van der Waals surface area contributed by atoms with Crippen molar-refractivity contribution in [1.82, 2.24) is 9.88 Å². The zero-order valence-electron chi connectivity index (χ0n) is 10.3. The second-order valence-corrected chi connectivity index (χ2v) is 4.91. The van der Waals surface area contributed by atoms with Gasteiger partial charge in [-0.3, -0.25) is 9.36 Å². The van der Waals surface area contributed by atoms with Crippen LogP contribution in [0, 0.1) is 0 Å². The average Bonchev–Trinajstić information content (AvgIpc) is 3.10. The number of nitrogens with zero attached hydrogens (tertiary/aromatic N) is 1. The molecule has 1 amide bonds. The molecule has 0 radical (unpaired) electrons. The van der Waals surface area contributed by atoms with Gasteiger partial charge in [0, 0.05) is 0 Å². The third kappa shape index (κ3) is 2.15. The minimum atomic E-state index is -0.551. The second-order valence-electron chi connectivity index (χ2n) is 4.91. The Morgan fingerprint density at radius 3 is 2.84 bits per heavy atom. The first-order chi connectivity index (χ1) is 9.13. The predicted molar refractivity (Wildman–Crippen MR) is 67.7 cm³/mol. The van der Waals surface area contributed by atoms with Crippen molar-refractivity contribution in [3.63, 3.8) is 0 Å². The summed E-state index contributed by atoms with van der Waals surface area (Å²) < 4.78 is 6.34. The maximum atomic E-state index is 11.9. The van der Waals surface area contributed by atoms with Crippen LogP contribution in [0.3, 0.4) is 0 Å². The van der Waals surface area contributed by atoms with Crippen molar-refractivity contribution in [2.24, 2.45) is 0 Å². The molecule has 1 aromatic carbocycles. The number of hydrogen-bond donors (Lipinski definition) is 2. The number of benzene rings is 1. The lowest BCUT2D eigenvalue weighted by molar-refractivity contribution is -0.123. The summed E-state index contributed by atoms with van der Waals surface area (Å²) in [6, 6.07) is 6.95. The van der Waals surface area contributed by atoms with Gasteiger partial charge in [-0.2, -0.15) is 0 Å². The summed E-state index contributed by atoms with van der Waals surface area (Å²) in [5.74, 6) is -0.842. The number of carbonyl (C=O) groups is 1. The van der Waals surface area contributed by atoms with Gasteiger partial charge in [0.25, 0.3) is 0 Å². The first-order valence-electron chi connectivity index (χ1n) is 6.14. The Labute approximate surface area is 108 Å². The molecule has 1 aliphatic carbocycles. The van der Waals surface area contributed by atoms with Gasteiger partial charge >= 0.3 is 5.76 Å². The van der Waals surface area contributed by atoms with Gasteiger partial charge in [0.05, 0.1) is 17.7 Å². The van der Waals surface area contributed by atoms with Gasteiger partial charge in [-0.15, -0.1) is 0 Å². The summed E-state index contributed by atoms with van der Waals surface area (Å²) in [4.78, 5) is 23.6. The number of oxazole rings is 1. The van der Waals surface area contributed by atoms with Crippen LogP contribution in [0.25, 0.3) is 11.1 Å². The Bertz CT molecular complexity index is 681. The minimum absolute atomic E-state index is 0.0697. The Morgan fingerprint density at radius 1 is 1.42 bits per heavy atom. The number of nitrogens with one attached hydrogen (secondary N) is 1. The molecular weight excluding hydrogens is 248 g/mol. The quantitative estimate of drug-likeness (QED) is 0.826. The molecule has 0 saturated heterocycles. The molecule has 0 unspecified atom stereocenters. The molecule has 3 rings (SSSR count). The SMILES string of the molecule is O=C(Cn1c(=O)oc2ccccc21)NC1(CO)CC1. The fourth-order valence-corrected chi connectivity index (χ4v) is 2.12. The summed E-state index contributed by atoms with van der Waals surface area (Å²) in [6.07, 6.45) is 1.55. The highest BCUT2D eigenvalue weighted by Gasteiger charge is 2.43. The van der Waals surface area contributed by atoms with Crippen molar-refractivity contribution in [2.75, 3.05) is 6.61 Å². The normalized spacial score (nSPS) is 16.5. The molecule has 1 heterocycles. The molecular formula is C13H14N2O4. The Morgan fingerprint density at radius 2 is 2.16 bits per heavy atom. The van der Waals surface area contributed by atoms with Crippen LogP contribution in [-0.4, -0.2) is 27.7 Å². The van der Waals surface area contributed by atoms with Crippen molar-refractivity contribution in [3.05, 3.63) is 34.8 Å². The summed E-state index contributed by atoms with van der Waals surface area (Å²) in [7, 11) is 0. The molecule has 0 aliphatic heterocycles. The van der Waals surface area contributed by atoms with Gasteiger partial charge in [-0.05, 0) is 25.0 Å². The number of aliphatic hydroxyl groups is 1. The van der Waals surface area contributed by atoms with Crippen LogP contribution in [0.5, 0.6) is 0 Å². The van der Waals surface area contributed by atoms with Crippen LogP contribution in [0.15, 0.2) is 33.5 Å². The lowest BCUT2D eigenvalue weighted by Gasteiger charge is -2.14. The molecule has 1 fully saturated rings. The maximum Gasteiger partial charge on any atom is 0.420 e. The average molecular weight is 262 g/mol. The number of rotatable bonds is 4. The molecule has 2 aromatic rings. The van der Waals surface area contributed by atoms with Gasteiger partial charge in [0.15, 0.2) is 5.58 Å². The smallest absolute Gasteiger partial charge is 0.408 e. The first kappa shape index (κ1) is 12.0. The first-order valence-corrected chi connectivity index (χ1v) is 6.14. The highest BCUT2D eigenvalue weighted by Crippen LogP contribution is 2.34. The van der Waals surface area contributed by atoms with Crippen molar-refractivity contribution < 1.29 is 14.3 Å². The van der Waals surface area contributed by atoms with E-state index in [-0.39, 0.29) is 19.1 Å². The summed E-state index contributed by atoms with van der Waals surface area (Å²) in [6.45, 7) is -0.169. The van der Waals surface area contributed by atoms with E-state index in [9.17, 15) is 9.59 Å². The van der Waals surface area contributed by atoms with Gasteiger partial charge in [0.1, 0.15) is 6.54 Å². The van der Waals surface area contributed by atoms with Gasteiger partial charge < -0.3 is 14.8 Å². The number of aliphatic hydroxyl groups excluding tert-OH is 1. The maximum absolute atomic E-state index is 11.9. The summed E-state index contributed by atoms with van der Waals surface area (Å²) in [5.41, 5.74) is 0.584. The van der Waals surface area contributed by atoms with Crippen LogP contribution in [0.1, 0.15) is 12.8 Å². The predicted octanol–water partition coefficient (Wildman–Crippen LogP) is 0.236. The third-order valence-electron chi connectivity index (χ3n) is 3.44. The number of carbonyl (C=O) groups excluding carboxylic acids is 1. The second kappa shape index (κ2) is 4.24. The van der Waals surface area contributed by atoms with E-state index in [1.165, 1.54) is 4.57 Å². The standard InChI is InChI=1S/C13H14N2O4/c16-8-13(5-6-13)14-11(17)7-15-9-3-1-2-4-10(9)19-12(15)18/h1-4,16H,5-8H2,(H,14,17). The molecule has 0 spiro atoms. The van der Waals surface area contributed by atoms with E-state index in [4.69, 9.17) is 9.52 Å². The van der Waals surface area contributed by atoms with E-state index in [0.29, 0.717) is 11.1 Å². The molecule has 0 atom stereocenters. The van der Waals surface area contributed by atoms with E-state index >= 15 is 0 Å².